The lowest BCUT2D eigenvalue weighted by Gasteiger charge is -2.15. The van der Waals surface area contributed by atoms with E-state index >= 15 is 0 Å². The Kier molecular flexibility index (Phi) is 2.12. The molecular weight excluding hydrogens is 172 g/mol. The summed E-state index contributed by atoms with van der Waals surface area (Å²) in [6.45, 7) is 0.0460. The minimum absolute atomic E-state index is 0.0460. The first kappa shape index (κ1) is 8.16. The maximum Gasteiger partial charge on any atom is 0.119 e. The Hall–Kier alpha value is -0.450. The summed E-state index contributed by atoms with van der Waals surface area (Å²) in [6.07, 6.45) is 3.27. The molecule has 1 aliphatic rings. The van der Waals surface area contributed by atoms with Gasteiger partial charge in [0.15, 0.2) is 0 Å². The first-order chi connectivity index (χ1) is 5.81. The molecule has 3 nitrogen and oxygen atoms in total. The van der Waals surface area contributed by atoms with Gasteiger partial charge in [-0.3, -0.25) is 0 Å². The Labute approximate surface area is 75.2 Å². The van der Waals surface area contributed by atoms with E-state index in [4.69, 9.17) is 10.8 Å². The summed E-state index contributed by atoms with van der Waals surface area (Å²) in [5.41, 5.74) is 6.90. The van der Waals surface area contributed by atoms with Crippen molar-refractivity contribution >= 4 is 11.3 Å². The smallest absolute Gasteiger partial charge is 0.119 e. The van der Waals surface area contributed by atoms with Crippen molar-refractivity contribution in [2.24, 2.45) is 5.73 Å². The molecule has 4 heteroatoms. The van der Waals surface area contributed by atoms with Gasteiger partial charge in [-0.25, -0.2) is 4.98 Å². The molecule has 0 radical (unpaired) electrons. The van der Waals surface area contributed by atoms with Crippen molar-refractivity contribution in [2.75, 3.05) is 0 Å². The number of nitrogens with two attached hydrogens (primary N) is 1. The third kappa shape index (κ3) is 1.26. The highest BCUT2D eigenvalue weighted by molar-refractivity contribution is 7.11. The van der Waals surface area contributed by atoms with Crippen LogP contribution in [0.15, 0.2) is 0 Å². The first-order valence-electron chi connectivity index (χ1n) is 4.16. The number of thiazole rings is 1. The number of aliphatic hydroxyl groups is 1. The van der Waals surface area contributed by atoms with Gasteiger partial charge in [-0.2, -0.15) is 0 Å². The zero-order valence-corrected chi connectivity index (χ0v) is 7.60. The van der Waals surface area contributed by atoms with Gasteiger partial charge in [-0.05, 0) is 19.3 Å². The molecule has 0 fully saturated rings. The van der Waals surface area contributed by atoms with Crippen LogP contribution in [0.4, 0.5) is 0 Å². The number of nitrogens with zero attached hydrogens (tertiary/aromatic N) is 1. The number of aromatic nitrogens is 1. The van der Waals surface area contributed by atoms with E-state index in [-0.39, 0.29) is 12.6 Å². The lowest BCUT2D eigenvalue weighted by atomic mass is 9.99. The van der Waals surface area contributed by atoms with E-state index in [0.29, 0.717) is 0 Å². The Morgan fingerprint density at radius 1 is 1.67 bits per heavy atom. The number of hydrogen-bond acceptors (Lipinski definition) is 4. The first-order valence-corrected chi connectivity index (χ1v) is 4.98. The van der Waals surface area contributed by atoms with Crippen LogP contribution in [0.3, 0.4) is 0 Å². The topological polar surface area (TPSA) is 59.1 Å². The molecule has 12 heavy (non-hydrogen) atoms. The number of rotatable bonds is 1. The highest BCUT2D eigenvalue weighted by atomic mass is 32.1. The molecular formula is C8H12N2OS. The van der Waals surface area contributed by atoms with E-state index in [2.05, 4.69) is 4.98 Å². The molecule has 0 saturated carbocycles. The number of hydrogen-bond donors (Lipinski definition) is 2. The Balaban J connectivity index is 2.37. The molecule has 1 unspecified atom stereocenters. The minimum atomic E-state index is 0.0460. The van der Waals surface area contributed by atoms with Crippen LogP contribution in [0, 0.1) is 0 Å². The molecule has 0 saturated heterocycles. The van der Waals surface area contributed by atoms with Crippen LogP contribution < -0.4 is 5.73 Å². The van der Waals surface area contributed by atoms with Crippen LogP contribution >= 0.6 is 11.3 Å². The van der Waals surface area contributed by atoms with Gasteiger partial charge in [-0.15, -0.1) is 11.3 Å². The summed E-state index contributed by atoms with van der Waals surface area (Å²) in [6, 6.07) is 0.102. The van der Waals surface area contributed by atoms with E-state index in [9.17, 15) is 0 Å². The van der Waals surface area contributed by atoms with Crippen LogP contribution in [-0.4, -0.2) is 10.1 Å². The maximum atomic E-state index is 8.88. The summed E-state index contributed by atoms with van der Waals surface area (Å²) in [4.78, 5) is 5.57. The summed E-state index contributed by atoms with van der Waals surface area (Å²) >= 11 is 1.60. The van der Waals surface area contributed by atoms with Gasteiger partial charge in [0.2, 0.25) is 0 Å². The van der Waals surface area contributed by atoms with Gasteiger partial charge in [-0.1, -0.05) is 0 Å². The van der Waals surface area contributed by atoms with Crippen LogP contribution in [0.5, 0.6) is 0 Å². The molecule has 1 aromatic heterocycles. The molecule has 1 aromatic rings. The fourth-order valence-corrected chi connectivity index (χ4v) is 2.61. The second kappa shape index (κ2) is 3.12. The summed E-state index contributed by atoms with van der Waals surface area (Å²) < 4.78 is 0. The fraction of sp³-hybridized carbons (Fsp3) is 0.625. The second-order valence-corrected chi connectivity index (χ2v) is 4.24. The summed E-state index contributed by atoms with van der Waals surface area (Å²) in [5, 5.41) is 9.68. The molecule has 0 bridgehead atoms. The Bertz CT molecular complexity index is 285. The molecule has 0 aliphatic heterocycles. The van der Waals surface area contributed by atoms with E-state index in [1.807, 2.05) is 0 Å². The normalized spacial score (nSPS) is 22.3. The van der Waals surface area contributed by atoms with Crippen LogP contribution in [0.25, 0.3) is 0 Å². The standard InChI is InChI=1S/C8H12N2OS/c9-5-2-1-3-6-8(5)10-7(4-11)12-6/h5,11H,1-4,9H2. The lowest BCUT2D eigenvalue weighted by molar-refractivity contribution is 0.280. The molecule has 3 N–H and O–H groups in total. The summed E-state index contributed by atoms with van der Waals surface area (Å²) in [5.74, 6) is 0. The maximum absolute atomic E-state index is 8.88. The van der Waals surface area contributed by atoms with Crippen molar-refractivity contribution < 1.29 is 5.11 Å². The van der Waals surface area contributed by atoms with E-state index < -0.39 is 0 Å². The number of aliphatic hydroxyl groups excluding tert-OH is 1. The molecule has 1 atom stereocenters. The summed E-state index contributed by atoms with van der Waals surface area (Å²) in [7, 11) is 0. The molecule has 0 amide bonds. The highest BCUT2D eigenvalue weighted by Gasteiger charge is 2.21. The zero-order chi connectivity index (χ0) is 8.55. The monoisotopic (exact) mass is 184 g/mol. The predicted molar refractivity (Wildman–Crippen MR) is 47.9 cm³/mol. The molecule has 2 rings (SSSR count). The van der Waals surface area contributed by atoms with Crippen LogP contribution in [-0.2, 0) is 13.0 Å². The molecule has 1 heterocycles. The Morgan fingerprint density at radius 3 is 3.17 bits per heavy atom. The van der Waals surface area contributed by atoms with Gasteiger partial charge >= 0.3 is 0 Å². The lowest BCUT2D eigenvalue weighted by Crippen LogP contribution is -2.16. The quantitative estimate of drug-likeness (QED) is 0.683. The third-order valence-corrected chi connectivity index (χ3v) is 3.29. The van der Waals surface area contributed by atoms with Crippen molar-refractivity contribution in [3.05, 3.63) is 15.6 Å². The zero-order valence-electron chi connectivity index (χ0n) is 6.79. The van der Waals surface area contributed by atoms with Gasteiger partial charge in [0.1, 0.15) is 5.01 Å². The average Bonchev–Trinajstić information content (AvgIpc) is 2.49. The molecule has 0 aromatic carbocycles. The SMILES string of the molecule is NC1CCCc2sc(CO)nc21. The van der Waals surface area contributed by atoms with Gasteiger partial charge < -0.3 is 10.8 Å². The van der Waals surface area contributed by atoms with Gasteiger partial charge in [0, 0.05) is 10.9 Å². The van der Waals surface area contributed by atoms with Crippen molar-refractivity contribution in [3.63, 3.8) is 0 Å². The van der Waals surface area contributed by atoms with Crippen molar-refractivity contribution in [1.29, 1.82) is 0 Å². The van der Waals surface area contributed by atoms with E-state index in [1.165, 1.54) is 4.88 Å². The molecule has 1 aliphatic carbocycles. The van der Waals surface area contributed by atoms with Crippen molar-refractivity contribution in [2.45, 2.75) is 31.9 Å². The average molecular weight is 184 g/mol. The minimum Gasteiger partial charge on any atom is -0.389 e. The largest absolute Gasteiger partial charge is 0.389 e. The van der Waals surface area contributed by atoms with Crippen molar-refractivity contribution in [1.82, 2.24) is 4.98 Å². The molecule has 66 valence electrons. The predicted octanol–water partition coefficient (Wildman–Crippen LogP) is 0.972. The van der Waals surface area contributed by atoms with Crippen LogP contribution in [0.1, 0.15) is 34.5 Å². The fourth-order valence-electron chi connectivity index (χ4n) is 1.57. The van der Waals surface area contributed by atoms with Gasteiger partial charge in [0.25, 0.3) is 0 Å². The van der Waals surface area contributed by atoms with E-state index in [1.54, 1.807) is 11.3 Å². The Morgan fingerprint density at radius 2 is 2.50 bits per heavy atom. The highest BCUT2D eigenvalue weighted by Crippen LogP contribution is 2.31. The van der Waals surface area contributed by atoms with Gasteiger partial charge in [0.05, 0.1) is 12.3 Å². The number of fused-ring (bicyclic) bond motifs is 1. The van der Waals surface area contributed by atoms with Crippen molar-refractivity contribution in [3.8, 4) is 0 Å². The number of aryl methyl sites for hydroxylation is 1. The third-order valence-electron chi connectivity index (χ3n) is 2.18. The van der Waals surface area contributed by atoms with E-state index in [0.717, 1.165) is 30.0 Å². The molecule has 0 spiro atoms. The van der Waals surface area contributed by atoms with Crippen LogP contribution in [0.2, 0.25) is 0 Å². The second-order valence-electron chi connectivity index (χ2n) is 3.07.